The van der Waals surface area contributed by atoms with E-state index in [1.165, 1.54) is 0 Å². The van der Waals surface area contributed by atoms with Gasteiger partial charge in [-0.3, -0.25) is 0 Å². The van der Waals surface area contributed by atoms with Gasteiger partial charge in [0.1, 0.15) is 31.5 Å². The molecule has 0 amide bonds. The Bertz CT molecular complexity index is 1640. The van der Waals surface area contributed by atoms with Crippen LogP contribution >= 0.6 is 49.8 Å². The van der Waals surface area contributed by atoms with Gasteiger partial charge in [-0.15, -0.1) is 0 Å². The first-order valence-corrected chi connectivity index (χ1v) is 18.0. The molecule has 43 heavy (non-hydrogen) atoms. The van der Waals surface area contributed by atoms with Crippen molar-refractivity contribution in [2.24, 2.45) is 0 Å². The Balaban J connectivity index is 0.00000368. The normalized spacial score (nSPS) is 11.5. The Hall–Kier alpha value is -2.33. The third-order valence-electron chi connectivity index (χ3n) is 7.20. The molecule has 0 aromatic heterocycles. The molecule has 6 aromatic carbocycles. The maximum atomic E-state index is 8.15. The van der Waals surface area contributed by atoms with Gasteiger partial charge in [-0.1, -0.05) is 130 Å². The second-order valence-electron chi connectivity index (χ2n) is 9.67. The minimum absolute atomic E-state index is 0. The SMILES string of the molecule is Clc1ccc([P+](O[P+](c2ccccc2)(c2ccccc2)c2ccccc2)(c2ccccc2)c2ccccc2)c(Cl)c1Cl.[Re]. The van der Waals surface area contributed by atoms with E-state index in [9.17, 15) is 0 Å². The number of benzene rings is 6. The van der Waals surface area contributed by atoms with Crippen LogP contribution in [0.2, 0.25) is 15.1 Å². The second-order valence-corrected chi connectivity index (χ2v) is 17.0. The molecule has 1 nitrogen and oxygen atoms in total. The van der Waals surface area contributed by atoms with Crippen LogP contribution in [0.5, 0.6) is 0 Å². The van der Waals surface area contributed by atoms with Gasteiger partial charge in [-0.05, 0) is 72.8 Å². The molecule has 6 rings (SSSR count). The maximum absolute atomic E-state index is 8.15. The van der Waals surface area contributed by atoms with Crippen molar-refractivity contribution >= 4 is 81.6 Å². The fourth-order valence-corrected chi connectivity index (χ4v) is 15.3. The van der Waals surface area contributed by atoms with Crippen molar-refractivity contribution in [2.45, 2.75) is 0 Å². The van der Waals surface area contributed by atoms with Gasteiger partial charge in [0.15, 0.2) is 5.30 Å². The molecule has 0 bridgehead atoms. The minimum atomic E-state index is -2.98. The van der Waals surface area contributed by atoms with Crippen LogP contribution in [0.4, 0.5) is 0 Å². The van der Waals surface area contributed by atoms with E-state index < -0.39 is 15.0 Å². The summed E-state index contributed by atoms with van der Waals surface area (Å²) < 4.78 is 8.15. The van der Waals surface area contributed by atoms with Crippen LogP contribution in [0.1, 0.15) is 0 Å². The van der Waals surface area contributed by atoms with E-state index in [-0.39, 0.29) is 20.4 Å². The summed E-state index contributed by atoms with van der Waals surface area (Å²) >= 11 is 20.5. The first-order valence-electron chi connectivity index (χ1n) is 13.5. The monoisotopic (exact) mass is 829 g/mol. The minimum Gasteiger partial charge on any atom is -0.0827 e. The summed E-state index contributed by atoms with van der Waals surface area (Å²) in [5.74, 6) is 0. The molecule has 0 aliphatic heterocycles. The summed E-state index contributed by atoms with van der Waals surface area (Å²) in [6.45, 7) is 0. The van der Waals surface area contributed by atoms with Gasteiger partial charge < -0.3 is 0 Å². The van der Waals surface area contributed by atoms with Crippen molar-refractivity contribution in [3.05, 3.63) is 179 Å². The average Bonchev–Trinajstić information content (AvgIpc) is 3.07. The molecule has 213 valence electrons. The molecule has 7 heteroatoms. The maximum Gasteiger partial charge on any atom is 0.293 e. The van der Waals surface area contributed by atoms with E-state index in [0.717, 1.165) is 31.8 Å². The van der Waals surface area contributed by atoms with Crippen molar-refractivity contribution in [3.63, 3.8) is 0 Å². The molecular formula is C36H27Cl3OP2Re+2. The molecule has 0 unspecified atom stereocenters. The van der Waals surface area contributed by atoms with Gasteiger partial charge in [-0.25, -0.2) is 0 Å². The summed E-state index contributed by atoms with van der Waals surface area (Å²) in [4.78, 5) is 0. The van der Waals surface area contributed by atoms with E-state index in [4.69, 9.17) is 39.1 Å². The Morgan fingerprint density at radius 1 is 0.349 bits per heavy atom. The van der Waals surface area contributed by atoms with Crippen LogP contribution in [0.25, 0.3) is 0 Å². The molecule has 6 aromatic rings. The Labute approximate surface area is 283 Å². The quantitative estimate of drug-likeness (QED) is 0.110. The number of rotatable bonds is 8. The van der Waals surface area contributed by atoms with Crippen molar-refractivity contribution in [1.82, 2.24) is 0 Å². The molecule has 0 atom stereocenters. The predicted molar refractivity (Wildman–Crippen MR) is 186 cm³/mol. The first kappa shape index (κ1) is 32.1. The van der Waals surface area contributed by atoms with Crippen molar-refractivity contribution in [3.8, 4) is 0 Å². The fourth-order valence-electron chi connectivity index (χ4n) is 5.29. The van der Waals surface area contributed by atoms with Gasteiger partial charge in [0.2, 0.25) is 0 Å². The smallest absolute Gasteiger partial charge is 0.0827 e. The zero-order chi connectivity index (χ0) is 29.0. The van der Waals surface area contributed by atoms with Gasteiger partial charge in [0.05, 0.1) is 10.0 Å². The van der Waals surface area contributed by atoms with E-state index in [1.807, 2.05) is 42.5 Å². The summed E-state index contributed by atoms with van der Waals surface area (Å²) in [5.41, 5.74) is 0. The molecule has 0 fully saturated rings. The molecule has 0 spiro atoms. The third kappa shape index (κ3) is 6.02. The van der Waals surface area contributed by atoms with Crippen LogP contribution in [0, 0.1) is 0 Å². The van der Waals surface area contributed by atoms with Crippen LogP contribution in [-0.2, 0) is 24.7 Å². The molecule has 0 N–H and O–H groups in total. The number of hydrogen-bond donors (Lipinski definition) is 0. The van der Waals surface area contributed by atoms with Crippen LogP contribution in [0.3, 0.4) is 0 Å². The van der Waals surface area contributed by atoms with Crippen molar-refractivity contribution < 1.29 is 24.7 Å². The Kier molecular flexibility index (Phi) is 10.6. The van der Waals surface area contributed by atoms with Crippen LogP contribution < -0.4 is 31.8 Å². The Morgan fingerprint density at radius 2 is 0.651 bits per heavy atom. The largest absolute Gasteiger partial charge is 0.293 e. The molecule has 0 heterocycles. The fraction of sp³-hybridized carbons (Fsp3) is 0. The molecule has 0 aliphatic carbocycles. The number of halogens is 3. The van der Waals surface area contributed by atoms with Gasteiger partial charge in [0.25, 0.3) is 15.0 Å². The summed E-state index contributed by atoms with van der Waals surface area (Å²) in [5, 5.41) is 7.33. The van der Waals surface area contributed by atoms with E-state index >= 15 is 0 Å². The van der Waals surface area contributed by atoms with Crippen LogP contribution in [0.15, 0.2) is 164 Å². The summed E-state index contributed by atoms with van der Waals surface area (Å²) in [6.07, 6.45) is 0. The molecule has 0 saturated carbocycles. The zero-order valence-electron chi connectivity index (χ0n) is 22.9. The molecule has 1 radical (unpaired) electrons. The molecule has 0 saturated heterocycles. The molecule has 0 aliphatic rings. The third-order valence-corrected chi connectivity index (χ3v) is 16.8. The van der Waals surface area contributed by atoms with E-state index in [2.05, 4.69) is 121 Å². The predicted octanol–water partition coefficient (Wildman–Crippen LogP) is 8.78. The van der Waals surface area contributed by atoms with E-state index in [1.54, 1.807) is 0 Å². The Morgan fingerprint density at radius 3 is 0.977 bits per heavy atom. The van der Waals surface area contributed by atoms with Gasteiger partial charge in [-0.2, -0.15) is 0 Å². The summed E-state index contributed by atoms with van der Waals surface area (Å²) in [6, 6.07) is 56.3. The van der Waals surface area contributed by atoms with Crippen LogP contribution in [-0.4, -0.2) is 0 Å². The van der Waals surface area contributed by atoms with E-state index in [0.29, 0.717) is 15.1 Å². The topological polar surface area (TPSA) is 9.23 Å². The first-order chi connectivity index (χ1) is 20.6. The van der Waals surface area contributed by atoms with Gasteiger partial charge in [0, 0.05) is 20.4 Å². The standard InChI is InChI=1S/C36H27Cl3OP2.Re/c37-33-26-27-34(36(39)35(33)38)42(31-22-12-4-13-23-31,32-24-14-5-15-25-32)40-41(28-16-6-1-7-17-28,29-18-8-2-9-19-29)30-20-10-3-11-21-30;/h1-27H;/q+2;. The second kappa shape index (κ2) is 14.2. The number of hydrogen-bond acceptors (Lipinski definition) is 1. The van der Waals surface area contributed by atoms with Crippen molar-refractivity contribution in [2.75, 3.05) is 0 Å². The average molecular weight is 830 g/mol. The summed E-state index contributed by atoms with van der Waals surface area (Å²) in [7, 11) is -5.78. The molecular weight excluding hydrogens is 803 g/mol. The zero-order valence-corrected chi connectivity index (χ0v) is 29.7. The van der Waals surface area contributed by atoms with Gasteiger partial charge >= 0.3 is 0 Å². The van der Waals surface area contributed by atoms with Crippen molar-refractivity contribution in [1.29, 1.82) is 0 Å².